The summed E-state index contributed by atoms with van der Waals surface area (Å²) >= 11 is 0. The average Bonchev–Trinajstić information content (AvgIpc) is 3.52. The molecule has 38 heavy (non-hydrogen) atoms. The second-order valence-corrected chi connectivity index (χ2v) is 9.84. The van der Waals surface area contributed by atoms with Gasteiger partial charge in [0.25, 0.3) is 0 Å². The molecule has 0 unspecified atom stereocenters. The maximum Gasteiger partial charge on any atom is 0.449 e. The summed E-state index contributed by atoms with van der Waals surface area (Å²) in [6.45, 7) is 4.94. The number of aromatic nitrogens is 2. The third kappa shape index (κ3) is 7.52. The first-order valence-electron chi connectivity index (χ1n) is 11.1. The first-order chi connectivity index (χ1) is 17.7. The molecule has 1 aliphatic carbocycles. The molecule has 0 bridgehead atoms. The molecule has 1 fully saturated rings. The summed E-state index contributed by atoms with van der Waals surface area (Å²) in [6, 6.07) is 2.57. The number of alkyl halides is 4. The van der Waals surface area contributed by atoms with E-state index >= 15 is 0 Å². The summed E-state index contributed by atoms with van der Waals surface area (Å²) in [6.07, 6.45) is -3.82. The van der Waals surface area contributed by atoms with Crippen LogP contribution in [-0.2, 0) is 27.2 Å². The van der Waals surface area contributed by atoms with Crippen LogP contribution in [0.1, 0.15) is 40.5 Å². The number of furan rings is 1. The quantitative estimate of drug-likeness (QED) is 0.0937. The van der Waals surface area contributed by atoms with Crippen molar-refractivity contribution >= 4 is 22.4 Å². The number of carbonyl (C=O) groups excluding carboxylic acids is 1. The lowest BCUT2D eigenvalue weighted by molar-refractivity contribution is -0.153. The van der Waals surface area contributed by atoms with Gasteiger partial charge >= 0.3 is 16.5 Å². The van der Waals surface area contributed by atoms with Gasteiger partial charge in [-0.25, -0.2) is 14.5 Å². The smallest absolute Gasteiger partial charge is 0.449 e. The number of rotatable bonds is 11. The highest BCUT2D eigenvalue weighted by Crippen LogP contribution is 2.32. The summed E-state index contributed by atoms with van der Waals surface area (Å²) in [7, 11) is -4.17. The van der Waals surface area contributed by atoms with Gasteiger partial charge in [-0.3, -0.25) is 13.7 Å². The molecule has 2 aromatic heterocycles. The molecule has 1 saturated carbocycles. The standard InChI is InChI=1S/C22H26F4N6O5S/c1-12-5-19(31-32(12)9-15-3-4-20(37-15)22(24,25)26)21(33)16(8-29-11-27)13(2)30-18-7-14(6-17(18)23)10-36-38(28,34)35/h3-5,8,11,14,17-18,30H,2,6-7,9-10H2,1H3,(H2,27,29)(H2,28,34,35)/b16-8+/t14-,17+,18-/m1/s1. The van der Waals surface area contributed by atoms with Crippen molar-refractivity contribution in [1.29, 1.82) is 0 Å². The normalized spacial score (nSPS) is 20.8. The minimum Gasteiger partial charge on any atom is -0.455 e. The van der Waals surface area contributed by atoms with Crippen LogP contribution in [-0.4, -0.2) is 49.1 Å². The molecule has 11 nitrogen and oxygen atoms in total. The second kappa shape index (κ2) is 11.5. The van der Waals surface area contributed by atoms with Crippen molar-refractivity contribution in [3.05, 3.63) is 65.2 Å². The lowest BCUT2D eigenvalue weighted by Gasteiger charge is -2.19. The largest absolute Gasteiger partial charge is 0.455 e. The number of halogens is 4. The zero-order chi connectivity index (χ0) is 28.3. The maximum absolute atomic E-state index is 14.6. The number of ketones is 1. The fraction of sp³-hybridized carbons (Fsp3) is 0.409. The molecular weight excluding hydrogens is 536 g/mol. The van der Waals surface area contributed by atoms with Crippen LogP contribution in [0.5, 0.6) is 0 Å². The van der Waals surface area contributed by atoms with Gasteiger partial charge in [0.05, 0.1) is 31.1 Å². The van der Waals surface area contributed by atoms with Gasteiger partial charge < -0.3 is 15.5 Å². The van der Waals surface area contributed by atoms with Crippen LogP contribution < -0.4 is 16.2 Å². The molecule has 0 saturated heterocycles. The Balaban J connectivity index is 1.73. The number of nitrogens with one attached hydrogen (secondary N) is 1. The van der Waals surface area contributed by atoms with Gasteiger partial charge in [-0.15, -0.1) is 0 Å². The van der Waals surface area contributed by atoms with E-state index in [0.29, 0.717) is 5.69 Å². The fourth-order valence-electron chi connectivity index (χ4n) is 3.94. The Labute approximate surface area is 215 Å². The summed E-state index contributed by atoms with van der Waals surface area (Å²) in [4.78, 5) is 17.0. The van der Waals surface area contributed by atoms with Crippen molar-refractivity contribution in [2.75, 3.05) is 6.61 Å². The van der Waals surface area contributed by atoms with Crippen LogP contribution in [0.25, 0.3) is 0 Å². The summed E-state index contributed by atoms with van der Waals surface area (Å²) in [5.74, 6) is -2.28. The zero-order valence-electron chi connectivity index (χ0n) is 20.1. The van der Waals surface area contributed by atoms with Gasteiger partial charge in [0, 0.05) is 17.6 Å². The van der Waals surface area contributed by atoms with Crippen LogP contribution in [0.15, 0.2) is 51.7 Å². The maximum atomic E-state index is 14.6. The number of carbonyl (C=O) groups is 1. The number of hydrogen-bond acceptors (Lipinski definition) is 8. The van der Waals surface area contributed by atoms with E-state index in [9.17, 15) is 30.8 Å². The third-order valence-electron chi connectivity index (χ3n) is 5.73. The first kappa shape index (κ1) is 29.1. The molecule has 16 heteroatoms. The van der Waals surface area contributed by atoms with Crippen LogP contribution in [0, 0.1) is 12.8 Å². The van der Waals surface area contributed by atoms with Gasteiger partial charge in [-0.05, 0) is 43.9 Å². The Bertz CT molecular complexity index is 1350. The van der Waals surface area contributed by atoms with E-state index in [1.54, 1.807) is 6.92 Å². The van der Waals surface area contributed by atoms with Crippen molar-refractivity contribution in [3.8, 4) is 0 Å². The van der Waals surface area contributed by atoms with E-state index in [0.717, 1.165) is 24.7 Å². The molecule has 0 spiro atoms. The van der Waals surface area contributed by atoms with Crippen molar-refractivity contribution in [2.24, 2.45) is 21.8 Å². The summed E-state index contributed by atoms with van der Waals surface area (Å²) < 4.78 is 85.7. The van der Waals surface area contributed by atoms with Crippen molar-refractivity contribution in [1.82, 2.24) is 15.1 Å². The molecule has 0 radical (unpaired) electrons. The van der Waals surface area contributed by atoms with Crippen LogP contribution in [0.4, 0.5) is 17.6 Å². The number of nitrogens with two attached hydrogens (primary N) is 2. The second-order valence-electron chi connectivity index (χ2n) is 8.62. The number of Topliss-reactive ketones (excluding diaryl/α,β-unsaturated/α-hetero) is 1. The minimum absolute atomic E-state index is 0.000840. The number of aliphatic imine (C=N–C) groups is 1. The predicted octanol–water partition coefficient (Wildman–Crippen LogP) is 2.35. The van der Waals surface area contributed by atoms with Gasteiger partial charge in [0.1, 0.15) is 17.6 Å². The SMILES string of the molecule is C=C(N[C@@H]1C[C@H](COS(N)(=O)=O)C[C@@H]1F)/C(=C\N=CN)C(=O)c1cc(C)n(Cc2ccc(C(F)(F)F)o2)n1. The van der Waals surface area contributed by atoms with Gasteiger partial charge in [0.2, 0.25) is 11.5 Å². The van der Waals surface area contributed by atoms with Gasteiger partial charge in [-0.2, -0.15) is 26.7 Å². The molecule has 3 rings (SSSR count). The fourth-order valence-corrected chi connectivity index (χ4v) is 4.32. The molecule has 3 atom stereocenters. The predicted molar refractivity (Wildman–Crippen MR) is 128 cm³/mol. The van der Waals surface area contributed by atoms with Crippen LogP contribution in [0.2, 0.25) is 0 Å². The van der Waals surface area contributed by atoms with Gasteiger partial charge in [0.15, 0.2) is 0 Å². The highest BCUT2D eigenvalue weighted by Gasteiger charge is 2.36. The Morgan fingerprint density at radius 2 is 2.11 bits per heavy atom. The lowest BCUT2D eigenvalue weighted by atomic mass is 10.1. The van der Waals surface area contributed by atoms with E-state index in [2.05, 4.69) is 26.2 Å². The molecule has 2 heterocycles. The van der Waals surface area contributed by atoms with E-state index in [1.807, 2.05) is 0 Å². The van der Waals surface area contributed by atoms with E-state index in [1.165, 1.54) is 10.7 Å². The van der Waals surface area contributed by atoms with Gasteiger partial charge in [-0.1, -0.05) is 6.58 Å². The van der Waals surface area contributed by atoms with Crippen LogP contribution in [0.3, 0.4) is 0 Å². The first-order valence-corrected chi connectivity index (χ1v) is 12.6. The molecule has 5 N–H and O–H groups in total. The molecule has 0 aliphatic heterocycles. The highest BCUT2D eigenvalue weighted by molar-refractivity contribution is 7.84. The summed E-state index contributed by atoms with van der Waals surface area (Å²) in [5.41, 5.74) is 5.59. The lowest BCUT2D eigenvalue weighted by Crippen LogP contribution is -2.34. The Morgan fingerprint density at radius 3 is 2.71 bits per heavy atom. The monoisotopic (exact) mass is 562 g/mol. The summed E-state index contributed by atoms with van der Waals surface area (Å²) in [5, 5.41) is 11.8. The number of allylic oxidation sites excluding steroid dienone is 1. The van der Waals surface area contributed by atoms with E-state index in [-0.39, 0.29) is 48.7 Å². The Morgan fingerprint density at radius 1 is 1.39 bits per heavy atom. The number of aryl methyl sites for hydroxylation is 1. The van der Waals surface area contributed by atoms with Crippen molar-refractivity contribution in [2.45, 2.75) is 44.7 Å². The average molecular weight is 563 g/mol. The topological polar surface area (TPSA) is 168 Å². The van der Waals surface area contributed by atoms with Crippen LogP contribution >= 0.6 is 0 Å². The molecular formula is C22H26F4N6O5S. The number of nitrogens with zero attached hydrogens (tertiary/aromatic N) is 3. The van der Waals surface area contributed by atoms with E-state index < -0.39 is 46.2 Å². The van der Waals surface area contributed by atoms with E-state index in [4.69, 9.17) is 15.3 Å². The van der Waals surface area contributed by atoms with Crippen molar-refractivity contribution < 1.29 is 39.4 Å². The Hall–Kier alpha value is -3.50. The minimum atomic E-state index is -4.64. The molecule has 2 aromatic rings. The molecule has 0 amide bonds. The zero-order valence-corrected chi connectivity index (χ0v) is 20.9. The third-order valence-corrected chi connectivity index (χ3v) is 6.19. The highest BCUT2D eigenvalue weighted by atomic mass is 32.2. The molecule has 0 aromatic carbocycles. The number of hydrogen-bond donors (Lipinski definition) is 3. The Kier molecular flexibility index (Phi) is 8.79. The van der Waals surface area contributed by atoms with Crippen molar-refractivity contribution in [3.63, 3.8) is 0 Å². The molecule has 208 valence electrons. The molecule has 1 aliphatic rings.